The fraction of sp³-hybridized carbons (Fsp3) is 0.429. The second kappa shape index (κ2) is 26.3. The number of benzene rings is 2. The van der Waals surface area contributed by atoms with Crippen molar-refractivity contribution in [2.75, 3.05) is 26.2 Å². The van der Waals surface area contributed by atoms with E-state index in [0.717, 1.165) is 24.0 Å². The van der Waals surface area contributed by atoms with E-state index in [0.29, 0.717) is 48.6 Å². The predicted molar refractivity (Wildman–Crippen MR) is 236 cm³/mol. The number of hydrogen-bond acceptors (Lipinski definition) is 17. The minimum Gasteiger partial charge on any atom is -0.481 e. The molecule has 2 aliphatic rings. The van der Waals surface area contributed by atoms with Gasteiger partial charge in [-0.1, -0.05) is 53.6 Å². The molecule has 5 amide bonds. The maximum absolute atomic E-state index is 14.1. The van der Waals surface area contributed by atoms with Gasteiger partial charge in [0.1, 0.15) is 18.1 Å². The molecule has 1 aromatic heterocycles. The number of aliphatic carboxylic acids is 1. The first-order valence-electron chi connectivity index (χ1n) is 21.0. The van der Waals surface area contributed by atoms with Crippen LogP contribution < -0.4 is 43.0 Å². The van der Waals surface area contributed by atoms with Gasteiger partial charge in [-0.05, 0) is 67.9 Å². The first kappa shape index (κ1) is 49.5. The maximum atomic E-state index is 14.1. The molecular formula is C42H54N12O10S. The van der Waals surface area contributed by atoms with E-state index >= 15 is 0 Å². The molecule has 65 heavy (non-hydrogen) atoms. The summed E-state index contributed by atoms with van der Waals surface area (Å²) in [5.41, 5.74) is 7.63. The number of aliphatic imine (C=N–C) groups is 1. The third-order valence-electron chi connectivity index (χ3n) is 10.3. The SMILES string of the molecule is NC1=NCCC(CC[C@H]2CNCC(=O)N[C@@H](CC(=O)O)C(=O)N[C@H](Cc3ccccc3)C(=O)NC(CCCCNC(=O)c3ccc(N=NCc4ccccc4SOOO)nc3)C(=O)N2)N1. The van der Waals surface area contributed by atoms with Crippen molar-refractivity contribution in [2.24, 2.45) is 21.0 Å². The number of pyridine rings is 1. The van der Waals surface area contributed by atoms with Crippen LogP contribution in [0.5, 0.6) is 0 Å². The van der Waals surface area contributed by atoms with Crippen molar-refractivity contribution in [3.8, 4) is 0 Å². The normalized spacial score (nSPS) is 21.1. The van der Waals surface area contributed by atoms with Crippen molar-refractivity contribution in [1.82, 2.24) is 42.2 Å². The fourth-order valence-corrected chi connectivity index (χ4v) is 7.46. The molecule has 0 radical (unpaired) electrons. The van der Waals surface area contributed by atoms with Gasteiger partial charge in [-0.15, -0.1) is 9.45 Å². The lowest BCUT2D eigenvalue weighted by Gasteiger charge is -2.28. The monoisotopic (exact) mass is 918 g/mol. The fourth-order valence-electron chi connectivity index (χ4n) is 6.98. The number of aromatic nitrogens is 1. The molecule has 0 bridgehead atoms. The molecule has 11 N–H and O–H groups in total. The van der Waals surface area contributed by atoms with Crippen LogP contribution in [-0.2, 0) is 46.3 Å². The van der Waals surface area contributed by atoms with E-state index < -0.39 is 60.2 Å². The van der Waals surface area contributed by atoms with Crippen LogP contribution in [-0.4, -0.2) is 113 Å². The number of carbonyl (C=O) groups is 6. The number of rotatable bonds is 19. The van der Waals surface area contributed by atoms with Crippen molar-refractivity contribution in [2.45, 2.75) is 93.0 Å². The minimum absolute atomic E-state index is 0.00212. The molecule has 3 heterocycles. The average Bonchev–Trinajstić information content (AvgIpc) is 3.29. The van der Waals surface area contributed by atoms with Crippen LogP contribution in [0.3, 0.4) is 0 Å². The largest absolute Gasteiger partial charge is 0.481 e. The van der Waals surface area contributed by atoms with E-state index in [1.807, 2.05) is 12.1 Å². The summed E-state index contributed by atoms with van der Waals surface area (Å²) in [5.74, 6) is -3.82. The van der Waals surface area contributed by atoms with Gasteiger partial charge in [0.25, 0.3) is 5.91 Å². The lowest BCUT2D eigenvalue weighted by atomic mass is 10.0. The van der Waals surface area contributed by atoms with Gasteiger partial charge in [0.05, 0.1) is 37.1 Å². The Kier molecular flexibility index (Phi) is 20.0. The Balaban J connectivity index is 1.24. The molecule has 2 unspecified atom stereocenters. The van der Waals surface area contributed by atoms with Crippen LogP contribution in [0.15, 0.2) is 93.0 Å². The number of carboxylic acid groups (broad SMARTS) is 1. The second-order valence-corrected chi connectivity index (χ2v) is 16.0. The van der Waals surface area contributed by atoms with Crippen molar-refractivity contribution < 1.29 is 48.5 Å². The molecule has 5 atom stereocenters. The van der Waals surface area contributed by atoms with Crippen molar-refractivity contribution in [1.29, 1.82) is 0 Å². The number of nitrogens with one attached hydrogen (secondary N) is 7. The minimum atomic E-state index is -1.49. The summed E-state index contributed by atoms with van der Waals surface area (Å²) in [6, 6.07) is 14.8. The number of azo groups is 1. The molecule has 3 aromatic rings. The summed E-state index contributed by atoms with van der Waals surface area (Å²) in [7, 11) is 0. The Morgan fingerprint density at radius 2 is 1.58 bits per heavy atom. The quantitative estimate of drug-likeness (QED) is 0.0267. The summed E-state index contributed by atoms with van der Waals surface area (Å²) >= 11 is 0.814. The van der Waals surface area contributed by atoms with Crippen LogP contribution in [0, 0.1) is 0 Å². The second-order valence-electron chi connectivity index (χ2n) is 15.2. The van der Waals surface area contributed by atoms with Gasteiger partial charge in [0, 0.05) is 49.2 Å². The smallest absolute Gasteiger partial charge is 0.305 e. The highest BCUT2D eigenvalue weighted by Gasteiger charge is 2.32. The zero-order chi connectivity index (χ0) is 46.4. The number of nitrogens with zero attached hydrogens (tertiary/aromatic N) is 4. The Morgan fingerprint density at radius 3 is 2.34 bits per heavy atom. The van der Waals surface area contributed by atoms with E-state index in [2.05, 4.69) is 66.8 Å². The van der Waals surface area contributed by atoms with E-state index in [4.69, 9.17) is 11.0 Å². The summed E-state index contributed by atoms with van der Waals surface area (Å²) in [4.78, 5) is 88.5. The molecule has 1 saturated heterocycles. The van der Waals surface area contributed by atoms with Gasteiger partial charge in [-0.3, -0.25) is 33.8 Å². The number of carbonyl (C=O) groups excluding carboxylic acids is 5. The van der Waals surface area contributed by atoms with E-state index in [1.165, 1.54) is 6.20 Å². The third-order valence-corrected chi connectivity index (χ3v) is 11.0. The van der Waals surface area contributed by atoms with Crippen LogP contribution in [0.4, 0.5) is 5.82 Å². The molecule has 0 saturated carbocycles. The Hall–Kier alpha value is -6.53. The first-order chi connectivity index (χ1) is 31.5. The van der Waals surface area contributed by atoms with Crippen LogP contribution >= 0.6 is 12.0 Å². The zero-order valence-corrected chi connectivity index (χ0v) is 36.3. The number of unbranched alkanes of at least 4 members (excludes halogenated alkanes) is 1. The highest BCUT2D eigenvalue weighted by molar-refractivity contribution is 7.94. The number of guanidine groups is 1. The number of amides is 5. The molecule has 22 nitrogen and oxygen atoms in total. The molecule has 0 spiro atoms. The topological polar surface area (TPSA) is 322 Å². The summed E-state index contributed by atoms with van der Waals surface area (Å²) < 4.78 is 4.51. The molecule has 23 heteroatoms. The summed E-state index contributed by atoms with van der Waals surface area (Å²) in [6.07, 6.45) is 3.40. The number of nitrogens with two attached hydrogens (primary N) is 1. The molecule has 5 rings (SSSR count). The van der Waals surface area contributed by atoms with E-state index in [9.17, 15) is 33.9 Å². The van der Waals surface area contributed by atoms with Crippen molar-refractivity contribution in [3.05, 3.63) is 89.6 Å². The summed E-state index contributed by atoms with van der Waals surface area (Å²) in [6.45, 7) is 0.833. The van der Waals surface area contributed by atoms with Crippen LogP contribution in [0.2, 0.25) is 0 Å². The number of hydrogen-bond donors (Lipinski definition) is 10. The van der Waals surface area contributed by atoms with E-state index in [1.54, 1.807) is 54.6 Å². The molecule has 2 aromatic carbocycles. The molecule has 2 aliphatic heterocycles. The zero-order valence-electron chi connectivity index (χ0n) is 35.4. The maximum Gasteiger partial charge on any atom is 0.305 e. The Morgan fingerprint density at radius 1 is 0.846 bits per heavy atom. The third kappa shape index (κ3) is 17.2. The van der Waals surface area contributed by atoms with Crippen molar-refractivity contribution >= 4 is 59.3 Å². The number of carboxylic acids is 1. The standard InChI is InChI=1S/C42H54N12O10S/c43-42-46-19-17-29(50-42)14-15-30-24-44-25-36(55)51-33(21-37(56)57)41(61)53-32(20-26-8-2-1-3-9-26)40(60)52-31(39(59)49-30)11-6-7-18-45-38(58)28-13-16-35(47-22-28)54-48-23-27-10-4-5-12-34(27)65-64-63-62/h1-5,8-10,12-13,16,22,29-33,44,62H,6-7,11,14-15,17-21,23-25H2,(H,45,58)(H,49,59)(H,51,55)(H,52,60)(H,53,61)(H,56,57)(H3,43,46,50)/t29?,30-,31?,32+,33-/m0/s1. The van der Waals surface area contributed by atoms with Crippen molar-refractivity contribution in [3.63, 3.8) is 0 Å². The Labute approximate surface area is 378 Å². The van der Waals surface area contributed by atoms with Gasteiger partial charge >= 0.3 is 5.97 Å². The van der Waals surface area contributed by atoms with Gasteiger partial charge in [-0.25, -0.2) is 10.2 Å². The summed E-state index contributed by atoms with van der Waals surface area (Å²) in [5, 5.41) is 49.9. The van der Waals surface area contributed by atoms with Crippen LogP contribution in [0.25, 0.3) is 0 Å². The first-order valence-corrected chi connectivity index (χ1v) is 21.8. The van der Waals surface area contributed by atoms with Gasteiger partial charge in [0.15, 0.2) is 11.8 Å². The van der Waals surface area contributed by atoms with Gasteiger partial charge in [0.2, 0.25) is 23.6 Å². The van der Waals surface area contributed by atoms with Crippen LogP contribution in [0.1, 0.15) is 66.4 Å². The highest BCUT2D eigenvalue weighted by atomic mass is 32.2. The molecule has 348 valence electrons. The highest BCUT2D eigenvalue weighted by Crippen LogP contribution is 2.24. The molecule has 0 aliphatic carbocycles. The molecular weight excluding hydrogens is 865 g/mol. The molecule has 1 fully saturated rings. The van der Waals surface area contributed by atoms with E-state index in [-0.39, 0.29) is 62.4 Å². The average molecular weight is 919 g/mol. The van der Waals surface area contributed by atoms with Gasteiger partial charge in [-0.2, -0.15) is 5.11 Å². The predicted octanol–water partition coefficient (Wildman–Crippen LogP) is 1.41. The lowest BCUT2D eigenvalue weighted by Crippen LogP contribution is -2.58. The van der Waals surface area contributed by atoms with Gasteiger partial charge < -0.3 is 48.1 Å². The Bertz CT molecular complexity index is 2130. The lowest BCUT2D eigenvalue weighted by molar-refractivity contribution is -0.432.